The van der Waals surface area contributed by atoms with Gasteiger partial charge in [0.1, 0.15) is 10.8 Å². The first kappa shape index (κ1) is 15.3. The molecule has 21 heavy (non-hydrogen) atoms. The number of nitrogens with zero attached hydrogens (tertiary/aromatic N) is 2. The molecule has 0 saturated heterocycles. The van der Waals surface area contributed by atoms with Gasteiger partial charge in [-0.1, -0.05) is 30.7 Å². The van der Waals surface area contributed by atoms with Crippen molar-refractivity contribution in [2.75, 3.05) is 11.9 Å². The highest BCUT2D eigenvalue weighted by Crippen LogP contribution is 2.25. The van der Waals surface area contributed by atoms with Gasteiger partial charge in [-0.2, -0.15) is 0 Å². The number of hydrogen-bond acceptors (Lipinski definition) is 4. The Morgan fingerprint density at radius 1 is 1.29 bits per heavy atom. The lowest BCUT2D eigenvalue weighted by atomic mass is 10.1. The van der Waals surface area contributed by atoms with E-state index in [0.29, 0.717) is 40.9 Å². The molecule has 0 atom stereocenters. The van der Waals surface area contributed by atoms with E-state index >= 15 is 0 Å². The lowest BCUT2D eigenvalue weighted by Crippen LogP contribution is -2.23. The van der Waals surface area contributed by atoms with Crippen LogP contribution in [0.15, 0.2) is 30.5 Å². The predicted molar refractivity (Wildman–Crippen MR) is 84.2 cm³/mol. The molecule has 110 valence electrons. The molecule has 1 aromatic carbocycles. The zero-order valence-electron chi connectivity index (χ0n) is 12.0. The molecule has 1 aromatic heterocycles. The van der Waals surface area contributed by atoms with Gasteiger partial charge in [-0.15, -0.1) is 0 Å². The van der Waals surface area contributed by atoms with Crippen LogP contribution in [0.1, 0.15) is 30.0 Å². The molecular weight excluding hydrogens is 288 g/mol. The Morgan fingerprint density at radius 2 is 2.05 bits per heavy atom. The number of para-hydroxylation sites is 1. The second kappa shape index (κ2) is 7.04. The zero-order chi connectivity index (χ0) is 15.2. The Morgan fingerprint density at radius 3 is 2.76 bits per heavy atom. The molecule has 5 nitrogen and oxygen atoms in total. The Labute approximate surface area is 128 Å². The van der Waals surface area contributed by atoms with Crippen molar-refractivity contribution in [3.8, 4) is 0 Å². The maximum atomic E-state index is 12.0. The highest BCUT2D eigenvalue weighted by Gasteiger charge is 2.12. The van der Waals surface area contributed by atoms with E-state index in [9.17, 15) is 4.79 Å². The summed E-state index contributed by atoms with van der Waals surface area (Å²) in [5.41, 5.74) is 1.21. The minimum atomic E-state index is -0.138. The van der Waals surface area contributed by atoms with Crippen LogP contribution in [0.4, 0.5) is 11.5 Å². The van der Waals surface area contributed by atoms with E-state index in [0.717, 1.165) is 0 Å². The number of nitrogens with one attached hydrogen (secondary N) is 2. The summed E-state index contributed by atoms with van der Waals surface area (Å²) in [4.78, 5) is 20.5. The molecule has 0 aliphatic rings. The second-order valence-electron chi connectivity index (χ2n) is 4.37. The SMILES string of the molecule is CCNC(=O)c1ccccc1Nc1nc(CC)ncc1Cl. The first-order valence-electron chi connectivity index (χ1n) is 6.81. The third kappa shape index (κ3) is 3.70. The molecule has 2 rings (SSSR count). The fourth-order valence-corrected chi connectivity index (χ4v) is 1.97. The minimum absolute atomic E-state index is 0.138. The van der Waals surface area contributed by atoms with Crippen LogP contribution in [0.3, 0.4) is 0 Å². The van der Waals surface area contributed by atoms with E-state index in [-0.39, 0.29) is 5.91 Å². The van der Waals surface area contributed by atoms with Crippen molar-refractivity contribution in [2.24, 2.45) is 0 Å². The third-order valence-electron chi connectivity index (χ3n) is 2.87. The minimum Gasteiger partial charge on any atom is -0.352 e. The van der Waals surface area contributed by atoms with Crippen LogP contribution in [0.2, 0.25) is 5.02 Å². The van der Waals surface area contributed by atoms with Crippen molar-refractivity contribution in [3.63, 3.8) is 0 Å². The largest absolute Gasteiger partial charge is 0.352 e. The molecule has 0 aliphatic heterocycles. The molecule has 0 unspecified atom stereocenters. The molecule has 0 bridgehead atoms. The van der Waals surface area contributed by atoms with Gasteiger partial charge in [0.2, 0.25) is 0 Å². The van der Waals surface area contributed by atoms with E-state index in [1.54, 1.807) is 12.3 Å². The highest BCUT2D eigenvalue weighted by atomic mass is 35.5. The summed E-state index contributed by atoms with van der Waals surface area (Å²) >= 11 is 6.11. The molecule has 1 heterocycles. The number of anilines is 2. The number of benzene rings is 1. The van der Waals surface area contributed by atoms with Crippen LogP contribution < -0.4 is 10.6 Å². The average Bonchev–Trinajstić information content (AvgIpc) is 2.50. The van der Waals surface area contributed by atoms with Gasteiger partial charge in [-0.05, 0) is 19.1 Å². The predicted octanol–water partition coefficient (Wildman–Crippen LogP) is 3.19. The third-order valence-corrected chi connectivity index (χ3v) is 3.15. The van der Waals surface area contributed by atoms with Gasteiger partial charge in [-0.25, -0.2) is 9.97 Å². The maximum absolute atomic E-state index is 12.0. The van der Waals surface area contributed by atoms with E-state index < -0.39 is 0 Å². The van der Waals surface area contributed by atoms with Crippen LogP contribution in [0.5, 0.6) is 0 Å². The van der Waals surface area contributed by atoms with Crippen LogP contribution in [-0.2, 0) is 6.42 Å². The van der Waals surface area contributed by atoms with Crippen molar-refractivity contribution < 1.29 is 4.79 Å². The van der Waals surface area contributed by atoms with Crippen LogP contribution in [-0.4, -0.2) is 22.4 Å². The lowest BCUT2D eigenvalue weighted by molar-refractivity contribution is 0.0956. The first-order valence-corrected chi connectivity index (χ1v) is 7.19. The maximum Gasteiger partial charge on any atom is 0.253 e. The van der Waals surface area contributed by atoms with Crippen molar-refractivity contribution in [1.29, 1.82) is 0 Å². The molecule has 6 heteroatoms. The molecule has 2 aromatic rings. The van der Waals surface area contributed by atoms with Crippen LogP contribution >= 0.6 is 11.6 Å². The summed E-state index contributed by atoms with van der Waals surface area (Å²) in [5, 5.41) is 6.31. The van der Waals surface area contributed by atoms with Gasteiger partial charge in [0.05, 0.1) is 17.4 Å². The number of aromatic nitrogens is 2. The molecule has 0 fully saturated rings. The highest BCUT2D eigenvalue weighted by molar-refractivity contribution is 6.32. The molecule has 0 aliphatic carbocycles. The summed E-state index contributed by atoms with van der Waals surface area (Å²) in [6.07, 6.45) is 2.27. The number of hydrogen-bond donors (Lipinski definition) is 2. The molecular formula is C15H17ClN4O. The Kier molecular flexibility index (Phi) is 5.11. The molecule has 2 N–H and O–H groups in total. The van der Waals surface area contributed by atoms with Gasteiger partial charge < -0.3 is 10.6 Å². The Balaban J connectivity index is 2.33. The first-order chi connectivity index (χ1) is 10.2. The second-order valence-corrected chi connectivity index (χ2v) is 4.77. The number of aryl methyl sites for hydroxylation is 1. The lowest BCUT2D eigenvalue weighted by Gasteiger charge is -2.12. The van der Waals surface area contributed by atoms with E-state index in [1.165, 1.54) is 0 Å². The Hall–Kier alpha value is -2.14. The summed E-state index contributed by atoms with van der Waals surface area (Å²) in [7, 11) is 0. The molecule has 1 amide bonds. The fraction of sp³-hybridized carbons (Fsp3) is 0.267. The van der Waals surface area contributed by atoms with E-state index in [2.05, 4.69) is 20.6 Å². The summed E-state index contributed by atoms with van der Waals surface area (Å²) in [6, 6.07) is 7.23. The number of rotatable bonds is 5. The molecule has 0 spiro atoms. The van der Waals surface area contributed by atoms with Crippen LogP contribution in [0, 0.1) is 0 Å². The number of halogens is 1. The normalized spacial score (nSPS) is 10.2. The number of carbonyl (C=O) groups is 1. The van der Waals surface area contributed by atoms with E-state index in [4.69, 9.17) is 11.6 Å². The van der Waals surface area contributed by atoms with Crippen molar-refractivity contribution in [3.05, 3.63) is 46.9 Å². The topological polar surface area (TPSA) is 66.9 Å². The number of amides is 1. The number of carbonyl (C=O) groups excluding carboxylic acids is 1. The van der Waals surface area contributed by atoms with Crippen molar-refractivity contribution >= 4 is 29.0 Å². The van der Waals surface area contributed by atoms with Crippen LogP contribution in [0.25, 0.3) is 0 Å². The van der Waals surface area contributed by atoms with Gasteiger partial charge in [0.25, 0.3) is 5.91 Å². The van der Waals surface area contributed by atoms with Gasteiger partial charge in [-0.3, -0.25) is 4.79 Å². The standard InChI is InChI=1S/C15H17ClN4O/c1-3-13-18-9-11(16)14(20-13)19-12-8-6-5-7-10(12)15(21)17-4-2/h5-9H,3-4H2,1-2H3,(H,17,21)(H,18,19,20). The summed E-state index contributed by atoms with van der Waals surface area (Å²) in [6.45, 7) is 4.42. The average molecular weight is 305 g/mol. The molecule has 0 radical (unpaired) electrons. The van der Waals surface area contributed by atoms with Gasteiger partial charge >= 0.3 is 0 Å². The smallest absolute Gasteiger partial charge is 0.253 e. The quantitative estimate of drug-likeness (QED) is 0.890. The van der Waals surface area contributed by atoms with Gasteiger partial charge in [0.15, 0.2) is 5.82 Å². The fourth-order valence-electron chi connectivity index (χ4n) is 1.84. The van der Waals surface area contributed by atoms with Crippen molar-refractivity contribution in [1.82, 2.24) is 15.3 Å². The summed E-state index contributed by atoms with van der Waals surface area (Å²) in [5.74, 6) is 1.05. The zero-order valence-corrected chi connectivity index (χ0v) is 12.7. The van der Waals surface area contributed by atoms with Gasteiger partial charge in [0, 0.05) is 13.0 Å². The molecule has 0 saturated carbocycles. The van der Waals surface area contributed by atoms with Crippen molar-refractivity contribution in [2.45, 2.75) is 20.3 Å². The Bertz CT molecular complexity index is 645. The summed E-state index contributed by atoms with van der Waals surface area (Å²) < 4.78 is 0. The monoisotopic (exact) mass is 304 g/mol. The van der Waals surface area contributed by atoms with E-state index in [1.807, 2.05) is 32.0 Å².